The van der Waals surface area contributed by atoms with Crippen molar-refractivity contribution in [2.45, 2.75) is 53.1 Å². The number of aryl methyl sites for hydroxylation is 2. The van der Waals surface area contributed by atoms with Crippen molar-refractivity contribution in [2.75, 3.05) is 26.7 Å². The SMILES string of the molecule is CN=C(NCc1sc(C)nc1C)NCC(C)N1CCCC(C)C1.I. The van der Waals surface area contributed by atoms with Gasteiger partial charge in [-0.15, -0.1) is 35.3 Å². The lowest BCUT2D eigenvalue weighted by molar-refractivity contribution is 0.139. The van der Waals surface area contributed by atoms with E-state index in [2.05, 4.69) is 53.2 Å². The molecule has 2 N–H and O–H groups in total. The van der Waals surface area contributed by atoms with E-state index in [4.69, 9.17) is 0 Å². The molecule has 0 aromatic carbocycles. The Labute approximate surface area is 167 Å². The molecule has 2 unspecified atom stereocenters. The van der Waals surface area contributed by atoms with Gasteiger partial charge >= 0.3 is 0 Å². The first-order chi connectivity index (χ1) is 11.0. The lowest BCUT2D eigenvalue weighted by Gasteiger charge is -2.35. The number of guanidine groups is 1. The van der Waals surface area contributed by atoms with Crippen molar-refractivity contribution < 1.29 is 0 Å². The third kappa shape index (κ3) is 6.48. The van der Waals surface area contributed by atoms with Crippen LogP contribution in [0.3, 0.4) is 0 Å². The van der Waals surface area contributed by atoms with Crippen LogP contribution in [0.4, 0.5) is 0 Å². The van der Waals surface area contributed by atoms with Crippen molar-refractivity contribution in [2.24, 2.45) is 10.9 Å². The maximum atomic E-state index is 4.47. The molecule has 1 aromatic rings. The predicted molar refractivity (Wildman–Crippen MR) is 115 cm³/mol. The van der Waals surface area contributed by atoms with Crippen molar-refractivity contribution in [3.05, 3.63) is 15.6 Å². The van der Waals surface area contributed by atoms with E-state index < -0.39 is 0 Å². The van der Waals surface area contributed by atoms with Crippen LogP contribution in [0, 0.1) is 19.8 Å². The number of likely N-dealkylation sites (tertiary alicyclic amines) is 1. The molecule has 0 amide bonds. The quantitative estimate of drug-likeness (QED) is 0.399. The molecule has 138 valence electrons. The van der Waals surface area contributed by atoms with E-state index in [9.17, 15) is 0 Å². The van der Waals surface area contributed by atoms with E-state index in [1.54, 1.807) is 11.3 Å². The lowest BCUT2D eigenvalue weighted by atomic mass is 9.99. The Hall–Kier alpha value is -0.410. The summed E-state index contributed by atoms with van der Waals surface area (Å²) in [7, 11) is 1.83. The monoisotopic (exact) mass is 465 g/mol. The van der Waals surface area contributed by atoms with Crippen molar-refractivity contribution in [3.8, 4) is 0 Å². The topological polar surface area (TPSA) is 52.6 Å². The number of thiazole rings is 1. The minimum Gasteiger partial charge on any atom is -0.355 e. The zero-order valence-corrected chi connectivity index (χ0v) is 18.7. The smallest absolute Gasteiger partial charge is 0.191 e. The number of hydrogen-bond acceptors (Lipinski definition) is 4. The van der Waals surface area contributed by atoms with E-state index in [1.807, 2.05) is 7.05 Å². The van der Waals surface area contributed by atoms with Gasteiger partial charge in [0.2, 0.25) is 0 Å². The molecule has 1 aliphatic rings. The molecule has 7 heteroatoms. The number of aliphatic imine (C=N–C) groups is 1. The van der Waals surface area contributed by atoms with E-state index in [-0.39, 0.29) is 24.0 Å². The van der Waals surface area contributed by atoms with Crippen molar-refractivity contribution in [1.29, 1.82) is 0 Å². The van der Waals surface area contributed by atoms with Crippen molar-refractivity contribution >= 4 is 41.3 Å². The second-order valence-electron chi connectivity index (χ2n) is 6.64. The third-order valence-corrected chi connectivity index (χ3v) is 5.59. The van der Waals surface area contributed by atoms with Gasteiger partial charge < -0.3 is 10.6 Å². The maximum absolute atomic E-state index is 4.47. The van der Waals surface area contributed by atoms with Gasteiger partial charge in [0.15, 0.2) is 5.96 Å². The van der Waals surface area contributed by atoms with Gasteiger partial charge in [-0.3, -0.25) is 9.89 Å². The zero-order valence-electron chi connectivity index (χ0n) is 15.6. The molecule has 5 nitrogen and oxygen atoms in total. The largest absolute Gasteiger partial charge is 0.355 e. The highest BCUT2D eigenvalue weighted by Crippen LogP contribution is 2.18. The standard InChI is InChI=1S/C17H31N5S.HI/c1-12-7-6-8-22(11-12)13(2)9-19-17(18-5)20-10-16-14(3)21-15(4)23-16;/h12-13H,6-11H2,1-5H3,(H2,18,19,20);1H. The number of halogens is 1. The summed E-state index contributed by atoms with van der Waals surface area (Å²) in [5.41, 5.74) is 1.12. The highest BCUT2D eigenvalue weighted by Gasteiger charge is 2.20. The van der Waals surface area contributed by atoms with Gasteiger partial charge in [-0.2, -0.15) is 0 Å². The molecule has 1 aliphatic heterocycles. The maximum Gasteiger partial charge on any atom is 0.191 e. The fraction of sp³-hybridized carbons (Fsp3) is 0.765. The summed E-state index contributed by atoms with van der Waals surface area (Å²) in [5, 5.41) is 7.98. The van der Waals surface area contributed by atoms with Crippen LogP contribution in [0.25, 0.3) is 0 Å². The van der Waals surface area contributed by atoms with Gasteiger partial charge in [-0.05, 0) is 46.1 Å². The molecule has 1 saturated heterocycles. The number of piperidine rings is 1. The summed E-state index contributed by atoms with van der Waals surface area (Å²) >= 11 is 1.75. The van der Waals surface area contributed by atoms with Crippen LogP contribution < -0.4 is 10.6 Å². The number of aromatic nitrogens is 1. The lowest BCUT2D eigenvalue weighted by Crippen LogP contribution is -2.48. The van der Waals surface area contributed by atoms with Gasteiger partial charge in [0.05, 0.1) is 17.2 Å². The molecule has 1 aromatic heterocycles. The highest BCUT2D eigenvalue weighted by atomic mass is 127. The Bertz CT molecular complexity index is 531. The van der Waals surface area contributed by atoms with Gasteiger partial charge in [0.1, 0.15) is 0 Å². The molecule has 0 bridgehead atoms. The first-order valence-electron chi connectivity index (χ1n) is 8.61. The Morgan fingerprint density at radius 1 is 1.42 bits per heavy atom. The van der Waals surface area contributed by atoms with Gasteiger partial charge in [0.25, 0.3) is 0 Å². The molecule has 2 rings (SSSR count). The van der Waals surface area contributed by atoms with E-state index >= 15 is 0 Å². The second kappa shape index (κ2) is 10.6. The third-order valence-electron chi connectivity index (χ3n) is 4.52. The minimum atomic E-state index is 0. The molecular weight excluding hydrogens is 433 g/mol. The summed E-state index contributed by atoms with van der Waals surface area (Å²) in [4.78, 5) is 12.7. The highest BCUT2D eigenvalue weighted by molar-refractivity contribution is 14.0. The average Bonchev–Trinajstić information content (AvgIpc) is 2.85. The fourth-order valence-electron chi connectivity index (χ4n) is 3.12. The number of rotatable bonds is 5. The summed E-state index contributed by atoms with van der Waals surface area (Å²) in [6.07, 6.45) is 2.69. The molecule has 0 aliphatic carbocycles. The molecule has 1 fully saturated rings. The van der Waals surface area contributed by atoms with Crippen LogP contribution >= 0.6 is 35.3 Å². The number of nitrogens with one attached hydrogen (secondary N) is 2. The Morgan fingerprint density at radius 2 is 2.17 bits per heavy atom. The Morgan fingerprint density at radius 3 is 2.75 bits per heavy atom. The van der Waals surface area contributed by atoms with Crippen LogP contribution in [0.15, 0.2) is 4.99 Å². The predicted octanol–water partition coefficient (Wildman–Crippen LogP) is 3.16. The van der Waals surface area contributed by atoms with Gasteiger partial charge in [0, 0.05) is 31.1 Å². The minimum absolute atomic E-state index is 0. The van der Waals surface area contributed by atoms with Crippen LogP contribution in [0.5, 0.6) is 0 Å². The van der Waals surface area contributed by atoms with E-state index in [0.29, 0.717) is 6.04 Å². The normalized spacial score (nSPS) is 20.4. The second-order valence-corrected chi connectivity index (χ2v) is 7.93. The first kappa shape index (κ1) is 21.6. The first-order valence-corrected chi connectivity index (χ1v) is 9.42. The molecule has 0 spiro atoms. The zero-order chi connectivity index (χ0) is 16.8. The summed E-state index contributed by atoms with van der Waals surface area (Å²) in [6.45, 7) is 12.9. The van der Waals surface area contributed by atoms with Crippen LogP contribution in [-0.2, 0) is 6.54 Å². The van der Waals surface area contributed by atoms with Crippen molar-refractivity contribution in [3.63, 3.8) is 0 Å². The number of hydrogen-bond donors (Lipinski definition) is 2. The van der Waals surface area contributed by atoms with Crippen LogP contribution in [0.2, 0.25) is 0 Å². The molecule has 24 heavy (non-hydrogen) atoms. The molecule has 0 radical (unpaired) electrons. The molecule has 2 heterocycles. The molecular formula is C17H32IN5S. The Kier molecular flexibility index (Phi) is 9.51. The van der Waals surface area contributed by atoms with E-state index in [0.717, 1.165) is 35.7 Å². The van der Waals surface area contributed by atoms with E-state index in [1.165, 1.54) is 30.8 Å². The average molecular weight is 465 g/mol. The van der Waals surface area contributed by atoms with Crippen molar-refractivity contribution in [1.82, 2.24) is 20.5 Å². The molecule has 0 saturated carbocycles. The summed E-state index contributed by atoms with van der Waals surface area (Å²) < 4.78 is 0. The number of nitrogens with zero attached hydrogens (tertiary/aromatic N) is 3. The van der Waals surface area contributed by atoms with Gasteiger partial charge in [-0.25, -0.2) is 4.98 Å². The summed E-state index contributed by atoms with van der Waals surface area (Å²) in [6, 6.07) is 0.531. The fourth-order valence-corrected chi connectivity index (χ4v) is 4.00. The molecule has 2 atom stereocenters. The summed E-state index contributed by atoms with van der Waals surface area (Å²) in [5.74, 6) is 1.69. The van der Waals surface area contributed by atoms with Crippen LogP contribution in [-0.4, -0.2) is 48.6 Å². The van der Waals surface area contributed by atoms with Gasteiger partial charge in [-0.1, -0.05) is 6.92 Å². The van der Waals surface area contributed by atoms with Crippen LogP contribution in [0.1, 0.15) is 42.3 Å². The Balaban J connectivity index is 0.00000288.